The van der Waals surface area contributed by atoms with Gasteiger partial charge in [0.15, 0.2) is 0 Å². The van der Waals surface area contributed by atoms with E-state index in [2.05, 4.69) is 10.2 Å². The van der Waals surface area contributed by atoms with Crippen LogP contribution in [0.25, 0.3) is 0 Å². The van der Waals surface area contributed by atoms with Crippen LogP contribution in [0.15, 0.2) is 0 Å². The molecule has 0 aromatic rings. The van der Waals surface area contributed by atoms with E-state index in [1.807, 2.05) is 83.9 Å². The number of ether oxygens (including phenoxy) is 3. The molecule has 0 aliphatic carbocycles. The van der Waals surface area contributed by atoms with Gasteiger partial charge in [-0.2, -0.15) is 0 Å². The largest absolute Gasteiger partial charge is 0.459 e. The molecule has 250 valence electrons. The lowest BCUT2D eigenvalue weighted by Gasteiger charge is -2.34. The molecular weight excluding hydrogens is 554 g/mol. The Balaban J connectivity index is 3.19. The molecule has 1 aliphatic rings. The summed E-state index contributed by atoms with van der Waals surface area (Å²) in [6, 6.07) is 0. The molecule has 12 nitrogen and oxygen atoms in total. The highest BCUT2D eigenvalue weighted by Crippen LogP contribution is 2.11. The van der Waals surface area contributed by atoms with Crippen molar-refractivity contribution >= 4 is 23.8 Å². The fraction of sp³-hybridized carbons (Fsp3) is 0.871. The summed E-state index contributed by atoms with van der Waals surface area (Å²) >= 11 is 0. The van der Waals surface area contributed by atoms with Crippen molar-refractivity contribution in [3.63, 3.8) is 0 Å². The smallest absolute Gasteiger partial charge is 0.320 e. The van der Waals surface area contributed by atoms with Crippen LogP contribution in [-0.4, -0.2) is 145 Å². The van der Waals surface area contributed by atoms with Gasteiger partial charge in [-0.1, -0.05) is 6.92 Å². The number of carbonyl (C=O) groups excluding carboxylic acids is 4. The minimum Gasteiger partial charge on any atom is -0.459 e. The van der Waals surface area contributed by atoms with Crippen molar-refractivity contribution < 1.29 is 33.4 Å². The Hall–Kier alpha value is -2.28. The number of esters is 3. The summed E-state index contributed by atoms with van der Waals surface area (Å²) in [5.41, 5.74) is -1.82. The van der Waals surface area contributed by atoms with Gasteiger partial charge in [0.25, 0.3) is 0 Å². The van der Waals surface area contributed by atoms with Crippen molar-refractivity contribution in [2.24, 2.45) is 0 Å². The van der Waals surface area contributed by atoms with Crippen molar-refractivity contribution in [2.75, 3.05) is 85.1 Å². The van der Waals surface area contributed by atoms with Crippen LogP contribution in [-0.2, 0) is 33.4 Å². The summed E-state index contributed by atoms with van der Waals surface area (Å²) in [7, 11) is 0. The lowest BCUT2D eigenvalue weighted by atomic mass is 10.2. The van der Waals surface area contributed by atoms with Crippen molar-refractivity contribution in [1.82, 2.24) is 24.9 Å². The second kappa shape index (κ2) is 17.9. The zero-order chi connectivity index (χ0) is 32.8. The standard InChI is InChI=1S/C31H59N5O7/c1-11-12-32-25(37)21-33-13-15-34(22-26(38)41-29(2,3)4)17-19-36(24-28(40)43-31(8,9)10)20-18-35(16-14-33)23-27(39)42-30(5,6)7/h11-24H2,1-10H3,(H,32,37). The number of nitrogens with one attached hydrogen (secondary N) is 1. The van der Waals surface area contributed by atoms with Crippen molar-refractivity contribution in [2.45, 2.75) is 92.5 Å². The number of rotatable bonds is 10. The first kappa shape index (κ1) is 38.7. The van der Waals surface area contributed by atoms with E-state index in [0.29, 0.717) is 58.9 Å². The first-order chi connectivity index (χ1) is 19.7. The van der Waals surface area contributed by atoms with E-state index in [0.717, 1.165) is 6.42 Å². The molecule has 0 unspecified atom stereocenters. The highest BCUT2D eigenvalue weighted by molar-refractivity contribution is 5.78. The Morgan fingerprint density at radius 3 is 1.00 bits per heavy atom. The van der Waals surface area contributed by atoms with E-state index < -0.39 is 16.8 Å². The lowest BCUT2D eigenvalue weighted by molar-refractivity contribution is -0.158. The summed E-state index contributed by atoms with van der Waals surface area (Å²) < 4.78 is 16.8. The lowest BCUT2D eigenvalue weighted by Crippen LogP contribution is -2.50. The molecule has 1 heterocycles. The fourth-order valence-electron chi connectivity index (χ4n) is 4.40. The van der Waals surface area contributed by atoms with E-state index in [-0.39, 0.29) is 50.0 Å². The third kappa shape index (κ3) is 20.3. The van der Waals surface area contributed by atoms with Gasteiger partial charge in [0.05, 0.1) is 26.2 Å². The third-order valence-electron chi connectivity index (χ3n) is 6.19. The van der Waals surface area contributed by atoms with Crippen molar-refractivity contribution in [1.29, 1.82) is 0 Å². The molecule has 0 atom stereocenters. The van der Waals surface area contributed by atoms with Gasteiger partial charge in [-0.15, -0.1) is 0 Å². The van der Waals surface area contributed by atoms with Crippen LogP contribution in [0.3, 0.4) is 0 Å². The topological polar surface area (TPSA) is 121 Å². The van der Waals surface area contributed by atoms with Gasteiger partial charge in [0.2, 0.25) is 5.91 Å². The van der Waals surface area contributed by atoms with Crippen molar-refractivity contribution in [3.8, 4) is 0 Å². The third-order valence-corrected chi connectivity index (χ3v) is 6.19. The maximum atomic E-state index is 12.8. The molecule has 1 N–H and O–H groups in total. The molecule has 0 aromatic carbocycles. The van der Waals surface area contributed by atoms with Gasteiger partial charge < -0.3 is 19.5 Å². The van der Waals surface area contributed by atoms with Crippen LogP contribution >= 0.6 is 0 Å². The molecule has 1 amide bonds. The second-order valence-corrected chi connectivity index (χ2v) is 14.2. The number of hydrogen-bond donors (Lipinski definition) is 1. The molecule has 0 saturated carbocycles. The molecule has 43 heavy (non-hydrogen) atoms. The first-order valence-corrected chi connectivity index (χ1v) is 15.6. The maximum Gasteiger partial charge on any atom is 0.320 e. The van der Waals surface area contributed by atoms with E-state index in [4.69, 9.17) is 14.2 Å². The number of carbonyl (C=O) groups is 4. The molecular formula is C31H59N5O7. The van der Waals surface area contributed by atoms with E-state index in [1.54, 1.807) is 0 Å². The first-order valence-electron chi connectivity index (χ1n) is 15.6. The Labute approximate surface area is 259 Å². The van der Waals surface area contributed by atoms with Crippen LogP contribution in [0.2, 0.25) is 0 Å². The van der Waals surface area contributed by atoms with Crippen LogP contribution < -0.4 is 5.32 Å². The van der Waals surface area contributed by atoms with Gasteiger partial charge >= 0.3 is 17.9 Å². The average Bonchev–Trinajstić information content (AvgIpc) is 2.80. The SMILES string of the molecule is CCCNC(=O)CN1CCN(CC(=O)OC(C)(C)C)CCN(CC(=O)OC(C)(C)C)CCN(CC(=O)OC(C)(C)C)CC1. The predicted octanol–water partition coefficient (Wildman–Crippen LogP) is 1.76. The number of hydrogen-bond acceptors (Lipinski definition) is 11. The van der Waals surface area contributed by atoms with Crippen molar-refractivity contribution in [3.05, 3.63) is 0 Å². The van der Waals surface area contributed by atoms with Crippen LogP contribution in [0.1, 0.15) is 75.7 Å². The quantitative estimate of drug-likeness (QED) is 0.287. The summed E-state index contributed by atoms with van der Waals surface area (Å²) in [6.45, 7) is 23.7. The molecule has 1 saturated heterocycles. The minimum absolute atomic E-state index is 0.0603. The van der Waals surface area contributed by atoms with E-state index in [9.17, 15) is 19.2 Å². The summed E-state index contributed by atoms with van der Waals surface area (Å²) in [5.74, 6) is -1.04. The molecule has 1 rings (SSSR count). The maximum absolute atomic E-state index is 12.8. The van der Waals surface area contributed by atoms with Crippen LogP contribution in [0, 0.1) is 0 Å². The Bertz CT molecular complexity index is 846. The highest BCUT2D eigenvalue weighted by Gasteiger charge is 2.25. The fourth-order valence-corrected chi connectivity index (χ4v) is 4.40. The normalized spacial score (nSPS) is 17.8. The highest BCUT2D eigenvalue weighted by atomic mass is 16.6. The number of amides is 1. The molecule has 0 bridgehead atoms. The molecule has 1 fully saturated rings. The van der Waals surface area contributed by atoms with Gasteiger partial charge in [-0.3, -0.25) is 38.8 Å². The predicted molar refractivity (Wildman–Crippen MR) is 167 cm³/mol. The molecule has 0 spiro atoms. The molecule has 0 aromatic heterocycles. The second-order valence-electron chi connectivity index (χ2n) is 14.2. The average molecular weight is 614 g/mol. The number of nitrogens with zero attached hydrogens (tertiary/aromatic N) is 4. The van der Waals surface area contributed by atoms with Gasteiger partial charge in [-0.05, 0) is 68.7 Å². The van der Waals surface area contributed by atoms with Gasteiger partial charge in [-0.25, -0.2) is 0 Å². The molecule has 12 heteroatoms. The van der Waals surface area contributed by atoms with Crippen LogP contribution in [0.5, 0.6) is 0 Å². The summed E-state index contributed by atoms with van der Waals surface area (Å²) in [5, 5.41) is 2.94. The van der Waals surface area contributed by atoms with Gasteiger partial charge in [0.1, 0.15) is 16.8 Å². The zero-order valence-electron chi connectivity index (χ0n) is 28.5. The Morgan fingerprint density at radius 2 is 0.767 bits per heavy atom. The monoisotopic (exact) mass is 613 g/mol. The summed E-state index contributed by atoms with van der Waals surface area (Å²) in [4.78, 5) is 59.0. The zero-order valence-corrected chi connectivity index (χ0v) is 28.5. The van der Waals surface area contributed by atoms with Gasteiger partial charge in [0, 0.05) is 58.9 Å². The Morgan fingerprint density at radius 1 is 0.512 bits per heavy atom. The Kier molecular flexibility index (Phi) is 16.1. The van der Waals surface area contributed by atoms with Crippen LogP contribution in [0.4, 0.5) is 0 Å². The van der Waals surface area contributed by atoms with E-state index >= 15 is 0 Å². The molecule has 0 radical (unpaired) electrons. The molecule has 1 aliphatic heterocycles. The minimum atomic E-state index is -0.609. The van der Waals surface area contributed by atoms with E-state index in [1.165, 1.54) is 0 Å². The summed E-state index contributed by atoms with van der Waals surface area (Å²) in [6.07, 6.45) is 0.846.